The van der Waals surface area contributed by atoms with Gasteiger partial charge in [0.2, 0.25) is 0 Å². The second-order valence-electron chi connectivity index (χ2n) is 3.08. The van der Waals surface area contributed by atoms with E-state index in [0.29, 0.717) is 6.04 Å². The van der Waals surface area contributed by atoms with Crippen molar-refractivity contribution < 1.29 is 0 Å². The third-order valence-electron chi connectivity index (χ3n) is 2.22. The molecule has 5 heteroatoms. The van der Waals surface area contributed by atoms with Crippen LogP contribution in [-0.2, 0) is 0 Å². The van der Waals surface area contributed by atoms with Gasteiger partial charge in [0.1, 0.15) is 4.60 Å². The van der Waals surface area contributed by atoms with Crippen molar-refractivity contribution in [3.05, 3.63) is 9.98 Å². The zero-order valence-corrected chi connectivity index (χ0v) is 10.6. The molecule has 0 aromatic carbocycles. The largest absolute Gasteiger partial charge is 0.347 e. The van der Waals surface area contributed by atoms with Crippen molar-refractivity contribution in [1.82, 2.24) is 4.98 Å². The van der Waals surface area contributed by atoms with E-state index in [-0.39, 0.29) is 0 Å². The quantitative estimate of drug-likeness (QED) is 0.828. The van der Waals surface area contributed by atoms with Crippen LogP contribution in [0.5, 0.6) is 0 Å². The van der Waals surface area contributed by atoms with Crippen molar-refractivity contribution in [3.8, 4) is 0 Å². The summed E-state index contributed by atoms with van der Waals surface area (Å²) in [5.74, 6) is 2.54. The second-order valence-corrected chi connectivity index (χ2v) is 5.88. The molecule has 2 rings (SSSR count). The summed E-state index contributed by atoms with van der Waals surface area (Å²) in [7, 11) is 2.14. The van der Waals surface area contributed by atoms with Gasteiger partial charge in [0.25, 0.3) is 0 Å². The van der Waals surface area contributed by atoms with Crippen molar-refractivity contribution in [2.45, 2.75) is 12.5 Å². The molecule has 2 heterocycles. The molecule has 1 aliphatic rings. The molecule has 1 fully saturated rings. The number of anilines is 1. The first-order valence-corrected chi connectivity index (χ1v) is 7.01. The molecule has 1 unspecified atom stereocenters. The topological polar surface area (TPSA) is 16.1 Å². The lowest BCUT2D eigenvalue weighted by molar-refractivity contribution is 0.697. The minimum absolute atomic E-state index is 0.683. The molecule has 0 amide bonds. The number of hydrogen-bond acceptors (Lipinski definition) is 4. The Morgan fingerprint density at radius 1 is 1.69 bits per heavy atom. The number of nitrogens with zero attached hydrogens (tertiary/aromatic N) is 2. The molecule has 0 saturated carbocycles. The van der Waals surface area contributed by atoms with Crippen LogP contribution in [0.25, 0.3) is 0 Å². The summed E-state index contributed by atoms with van der Waals surface area (Å²) >= 11 is 7.12. The van der Waals surface area contributed by atoms with Crippen LogP contribution in [0.2, 0.25) is 0 Å². The van der Waals surface area contributed by atoms with Gasteiger partial charge < -0.3 is 4.90 Å². The van der Waals surface area contributed by atoms with Gasteiger partial charge in [-0.05, 0) is 28.1 Å². The summed E-state index contributed by atoms with van der Waals surface area (Å²) in [6.45, 7) is 0. The average Bonchev–Trinajstić information content (AvgIpc) is 2.72. The van der Waals surface area contributed by atoms with E-state index in [1.165, 1.54) is 17.9 Å². The summed E-state index contributed by atoms with van der Waals surface area (Å²) in [4.78, 5) is 6.71. The van der Waals surface area contributed by atoms with Crippen LogP contribution in [0, 0.1) is 0 Å². The molecule has 0 spiro atoms. The van der Waals surface area contributed by atoms with Gasteiger partial charge in [-0.3, -0.25) is 0 Å². The van der Waals surface area contributed by atoms with Gasteiger partial charge in [-0.2, -0.15) is 11.8 Å². The van der Waals surface area contributed by atoms with E-state index in [2.05, 4.69) is 32.9 Å². The fourth-order valence-electron chi connectivity index (χ4n) is 1.39. The minimum Gasteiger partial charge on any atom is -0.347 e. The van der Waals surface area contributed by atoms with Gasteiger partial charge in [-0.25, -0.2) is 4.98 Å². The van der Waals surface area contributed by atoms with E-state index in [4.69, 9.17) is 0 Å². The van der Waals surface area contributed by atoms with Gasteiger partial charge in [0, 0.05) is 24.2 Å². The van der Waals surface area contributed by atoms with Crippen LogP contribution in [0.4, 0.5) is 5.13 Å². The highest BCUT2D eigenvalue weighted by Crippen LogP contribution is 2.29. The highest BCUT2D eigenvalue weighted by molar-refractivity contribution is 9.10. The van der Waals surface area contributed by atoms with Crippen LogP contribution in [0.1, 0.15) is 6.42 Å². The lowest BCUT2D eigenvalue weighted by Crippen LogP contribution is -2.31. The molecule has 0 N–H and O–H groups in total. The molecule has 0 aliphatic carbocycles. The van der Waals surface area contributed by atoms with Crippen molar-refractivity contribution in [2.75, 3.05) is 23.5 Å². The van der Waals surface area contributed by atoms with Crippen LogP contribution in [0.3, 0.4) is 0 Å². The standard InChI is InChI=1S/C8H11BrN2S2/c1-11(6-2-3-12-4-6)8-10-7(9)5-13-8/h5-6H,2-4H2,1H3. The number of hydrogen-bond donors (Lipinski definition) is 0. The Labute approximate surface area is 94.9 Å². The van der Waals surface area contributed by atoms with Crippen LogP contribution in [0.15, 0.2) is 9.98 Å². The summed E-state index contributed by atoms with van der Waals surface area (Å²) in [5, 5.41) is 3.16. The van der Waals surface area contributed by atoms with E-state index in [1.807, 2.05) is 17.1 Å². The summed E-state index contributed by atoms with van der Waals surface area (Å²) in [6, 6.07) is 0.683. The number of rotatable bonds is 2. The van der Waals surface area contributed by atoms with Crippen LogP contribution < -0.4 is 4.90 Å². The first-order chi connectivity index (χ1) is 6.27. The summed E-state index contributed by atoms with van der Waals surface area (Å²) in [6.07, 6.45) is 1.29. The van der Waals surface area contributed by atoms with E-state index in [0.717, 1.165) is 9.73 Å². The minimum atomic E-state index is 0.683. The highest BCUT2D eigenvalue weighted by atomic mass is 79.9. The molecular weight excluding hydrogens is 268 g/mol. The van der Waals surface area contributed by atoms with Crippen LogP contribution in [-0.4, -0.2) is 29.6 Å². The molecule has 0 radical (unpaired) electrons. The lowest BCUT2D eigenvalue weighted by atomic mass is 10.2. The molecule has 1 atom stereocenters. The van der Waals surface area contributed by atoms with Crippen molar-refractivity contribution >= 4 is 44.2 Å². The lowest BCUT2D eigenvalue weighted by Gasteiger charge is -2.22. The van der Waals surface area contributed by atoms with E-state index in [9.17, 15) is 0 Å². The fraction of sp³-hybridized carbons (Fsp3) is 0.625. The van der Waals surface area contributed by atoms with E-state index < -0.39 is 0 Å². The van der Waals surface area contributed by atoms with Crippen LogP contribution >= 0.6 is 39.0 Å². The normalized spacial score (nSPS) is 22.2. The molecule has 2 nitrogen and oxygen atoms in total. The molecular formula is C8H11BrN2S2. The zero-order chi connectivity index (χ0) is 9.26. The SMILES string of the molecule is CN(c1nc(Br)cs1)C1CCSC1. The molecule has 1 aliphatic heterocycles. The van der Waals surface area contributed by atoms with E-state index in [1.54, 1.807) is 11.3 Å². The van der Waals surface area contributed by atoms with E-state index >= 15 is 0 Å². The monoisotopic (exact) mass is 278 g/mol. The third-order valence-corrected chi connectivity index (χ3v) is 5.00. The van der Waals surface area contributed by atoms with Crippen molar-refractivity contribution in [2.24, 2.45) is 0 Å². The van der Waals surface area contributed by atoms with Gasteiger partial charge in [-0.15, -0.1) is 11.3 Å². The molecule has 0 bridgehead atoms. The smallest absolute Gasteiger partial charge is 0.186 e. The Hall–Kier alpha value is 0.260. The molecule has 1 saturated heterocycles. The predicted octanol–water partition coefficient (Wildman–Crippen LogP) is 2.85. The number of thioether (sulfide) groups is 1. The number of aromatic nitrogens is 1. The van der Waals surface area contributed by atoms with Gasteiger partial charge in [0.15, 0.2) is 5.13 Å². The number of thiazole rings is 1. The predicted molar refractivity (Wildman–Crippen MR) is 63.9 cm³/mol. The highest BCUT2D eigenvalue weighted by Gasteiger charge is 2.21. The molecule has 72 valence electrons. The fourth-order valence-corrected chi connectivity index (χ4v) is 3.95. The second kappa shape index (κ2) is 4.19. The molecule has 13 heavy (non-hydrogen) atoms. The van der Waals surface area contributed by atoms with Crippen molar-refractivity contribution in [1.29, 1.82) is 0 Å². The number of halogens is 1. The first kappa shape index (κ1) is 9.80. The summed E-state index contributed by atoms with van der Waals surface area (Å²) in [5.41, 5.74) is 0. The van der Waals surface area contributed by atoms with Gasteiger partial charge in [0.05, 0.1) is 0 Å². The average molecular weight is 279 g/mol. The third kappa shape index (κ3) is 2.19. The first-order valence-electron chi connectivity index (χ1n) is 4.19. The Morgan fingerprint density at radius 2 is 2.54 bits per heavy atom. The molecule has 1 aromatic heterocycles. The Morgan fingerprint density at radius 3 is 3.08 bits per heavy atom. The maximum Gasteiger partial charge on any atom is 0.186 e. The van der Waals surface area contributed by atoms with Gasteiger partial charge in [-0.1, -0.05) is 0 Å². The molecule has 1 aromatic rings. The maximum atomic E-state index is 4.41. The Bertz CT molecular complexity index is 283. The Balaban J connectivity index is 2.07. The zero-order valence-electron chi connectivity index (χ0n) is 7.36. The van der Waals surface area contributed by atoms with Gasteiger partial charge >= 0.3 is 0 Å². The Kier molecular flexibility index (Phi) is 3.16. The van der Waals surface area contributed by atoms with Crippen molar-refractivity contribution in [3.63, 3.8) is 0 Å². The summed E-state index contributed by atoms with van der Waals surface area (Å²) < 4.78 is 0.949. The maximum absolute atomic E-state index is 4.41.